The van der Waals surface area contributed by atoms with Crippen LogP contribution in [0.2, 0.25) is 65.0 Å². The highest BCUT2D eigenvalue weighted by Crippen LogP contribution is 2.30. The number of aliphatic hydroxyl groups is 1. The molecule has 3 unspecified atom stereocenters. The van der Waals surface area contributed by atoms with Gasteiger partial charge in [-0.1, -0.05) is 20.1 Å². The molecule has 0 heterocycles. The zero-order valence-electron chi connectivity index (χ0n) is 28.9. The van der Waals surface area contributed by atoms with Crippen molar-refractivity contribution in [1.29, 1.82) is 0 Å². The molecule has 0 rings (SSSR count). The van der Waals surface area contributed by atoms with E-state index in [1.54, 1.807) is 13.8 Å². The van der Waals surface area contributed by atoms with E-state index >= 15 is 0 Å². The van der Waals surface area contributed by atoms with Crippen molar-refractivity contribution in [2.45, 2.75) is 111 Å². The Bertz CT molecular complexity index is 852. The normalized spacial score (nSPS) is 15.0. The van der Waals surface area contributed by atoms with Crippen molar-refractivity contribution in [3.05, 3.63) is 24.3 Å². The molecular weight excluding hydrogens is 621 g/mol. The first kappa shape index (κ1) is 42.0. The quantitative estimate of drug-likeness (QED) is 0.0605. The Hall–Kier alpha value is -0.952. The summed E-state index contributed by atoms with van der Waals surface area (Å²) in [5, 5.41) is 10.2. The van der Waals surface area contributed by atoms with E-state index in [-0.39, 0.29) is 37.9 Å². The van der Waals surface area contributed by atoms with Gasteiger partial charge in [0.2, 0.25) is 0 Å². The highest BCUT2D eigenvalue weighted by Gasteiger charge is 2.49. The van der Waals surface area contributed by atoms with Gasteiger partial charge in [0.05, 0.1) is 12.7 Å². The van der Waals surface area contributed by atoms with Crippen LogP contribution in [0, 0.1) is 5.92 Å². The van der Waals surface area contributed by atoms with Gasteiger partial charge in [-0.25, -0.2) is 9.59 Å². The van der Waals surface area contributed by atoms with Crippen LogP contribution < -0.4 is 0 Å². The largest absolute Gasteiger partial charge is 0.469 e. The van der Waals surface area contributed by atoms with Crippen LogP contribution >= 0.6 is 0 Å². The molecule has 0 aromatic rings. The fourth-order valence-electron chi connectivity index (χ4n) is 3.85. The third kappa shape index (κ3) is 22.2. The SMILES string of the molecule is C=C(C)C(=O)OCC(O)CC(C)COC(COCCC[Si](O[Si](C)(C)C)(O[Si](C)(C)C)O[Si](C)(C)C)COC(=O)C(=C)C. The van der Waals surface area contributed by atoms with E-state index in [0.29, 0.717) is 31.1 Å². The zero-order valence-corrected chi connectivity index (χ0v) is 32.9. The first-order valence-corrected chi connectivity index (χ1v) is 27.2. The molecule has 0 amide bonds. The fraction of sp³-hybridized carbons (Fsp3) is 0.793. The molecule has 0 aromatic heterocycles. The van der Waals surface area contributed by atoms with Crippen molar-refractivity contribution in [3.63, 3.8) is 0 Å². The molecule has 0 fully saturated rings. The van der Waals surface area contributed by atoms with Gasteiger partial charge in [0, 0.05) is 30.4 Å². The van der Waals surface area contributed by atoms with E-state index < -0.39 is 57.9 Å². The minimum Gasteiger partial charge on any atom is -0.460 e. The Kier molecular flexibility index (Phi) is 18.5. The maximum absolute atomic E-state index is 12.0. The summed E-state index contributed by atoms with van der Waals surface area (Å²) in [6, 6.07) is 0.660. The predicted octanol–water partition coefficient (Wildman–Crippen LogP) is 5.90. The van der Waals surface area contributed by atoms with Crippen LogP contribution in [0.25, 0.3) is 0 Å². The number of ether oxygens (including phenoxy) is 4. The van der Waals surface area contributed by atoms with E-state index in [4.69, 9.17) is 31.3 Å². The number of rotatable bonds is 23. The molecule has 0 spiro atoms. The lowest BCUT2D eigenvalue weighted by Gasteiger charge is -2.42. The number of carbonyl (C=O) groups is 2. The Labute approximate surface area is 265 Å². The van der Waals surface area contributed by atoms with Crippen LogP contribution in [0.3, 0.4) is 0 Å². The fourth-order valence-corrected chi connectivity index (χ4v) is 18.5. The molecule has 0 aliphatic rings. The van der Waals surface area contributed by atoms with Gasteiger partial charge in [-0.2, -0.15) is 0 Å². The number of carbonyl (C=O) groups excluding carboxylic acids is 2. The van der Waals surface area contributed by atoms with Crippen LogP contribution in [-0.4, -0.2) is 96.0 Å². The molecule has 1 N–H and O–H groups in total. The first-order chi connectivity index (χ1) is 19.4. The standard InChI is InChI=1S/C29H60O10Si4/c1-23(2)28(31)35-20-26(30)18-25(5)19-34-27(22-36-29(32)24(3)4)21-33-16-15-17-43(37-40(6,7)8,38-41(9,10)11)39-42(12,13)14/h25-27,30H,1,3,15-22H2,2,4-14H3. The first-order valence-electron chi connectivity index (χ1n) is 15.1. The van der Waals surface area contributed by atoms with Gasteiger partial charge in [0.1, 0.15) is 19.3 Å². The third-order valence-electron chi connectivity index (χ3n) is 5.26. The van der Waals surface area contributed by atoms with Gasteiger partial charge in [0.25, 0.3) is 0 Å². The Morgan fingerprint density at radius 2 is 1.16 bits per heavy atom. The zero-order chi connectivity index (χ0) is 33.6. The Balaban J connectivity index is 5.24. The molecule has 0 saturated carbocycles. The Morgan fingerprint density at radius 3 is 1.58 bits per heavy atom. The smallest absolute Gasteiger partial charge is 0.460 e. The summed E-state index contributed by atoms with van der Waals surface area (Å²) < 4.78 is 42.6. The lowest BCUT2D eigenvalue weighted by molar-refractivity contribution is -0.146. The molecule has 0 radical (unpaired) electrons. The van der Waals surface area contributed by atoms with Gasteiger partial charge >= 0.3 is 20.7 Å². The highest BCUT2D eigenvalue weighted by molar-refractivity contribution is 6.90. The summed E-state index contributed by atoms with van der Waals surface area (Å²) in [6.07, 6.45) is -0.297. The van der Waals surface area contributed by atoms with Crippen molar-refractivity contribution in [1.82, 2.24) is 0 Å². The topological polar surface area (TPSA) is 119 Å². The lowest BCUT2D eigenvalue weighted by atomic mass is 10.1. The molecule has 0 saturated heterocycles. The molecule has 10 nitrogen and oxygen atoms in total. The summed E-state index contributed by atoms with van der Waals surface area (Å²) in [6.45, 7) is 32.5. The maximum atomic E-state index is 12.0. The molecule has 252 valence electrons. The molecule has 3 atom stereocenters. The van der Waals surface area contributed by atoms with E-state index in [1.807, 2.05) is 6.92 Å². The lowest BCUT2D eigenvalue weighted by Crippen LogP contribution is -2.60. The highest BCUT2D eigenvalue weighted by atomic mass is 28.5. The average Bonchev–Trinajstić information content (AvgIpc) is 2.79. The molecular formula is C29H60O10Si4. The van der Waals surface area contributed by atoms with Gasteiger partial charge in [-0.05, 0) is 91.5 Å². The van der Waals surface area contributed by atoms with Crippen molar-refractivity contribution in [3.8, 4) is 0 Å². The molecule has 0 aliphatic carbocycles. The van der Waals surface area contributed by atoms with E-state index in [0.717, 1.165) is 0 Å². The van der Waals surface area contributed by atoms with E-state index in [1.165, 1.54) is 0 Å². The molecule has 0 aromatic carbocycles. The van der Waals surface area contributed by atoms with E-state index in [9.17, 15) is 14.7 Å². The summed E-state index contributed by atoms with van der Waals surface area (Å²) in [4.78, 5) is 23.6. The van der Waals surface area contributed by atoms with Gasteiger partial charge in [-0.15, -0.1) is 0 Å². The van der Waals surface area contributed by atoms with Crippen molar-refractivity contribution in [2.75, 3.05) is 33.0 Å². The third-order valence-corrected chi connectivity index (χ3v) is 17.3. The minimum atomic E-state index is -2.95. The monoisotopic (exact) mass is 680 g/mol. The van der Waals surface area contributed by atoms with Crippen LogP contribution in [0.5, 0.6) is 0 Å². The Morgan fingerprint density at radius 1 is 0.721 bits per heavy atom. The maximum Gasteiger partial charge on any atom is 0.469 e. The van der Waals surface area contributed by atoms with Gasteiger partial charge < -0.3 is 36.4 Å². The summed E-state index contributed by atoms with van der Waals surface area (Å²) in [7, 11) is -8.85. The number of aliphatic hydroxyl groups excluding tert-OH is 1. The van der Waals surface area contributed by atoms with Crippen LogP contribution in [0.15, 0.2) is 24.3 Å². The average molecular weight is 681 g/mol. The van der Waals surface area contributed by atoms with Crippen molar-refractivity contribution in [2.24, 2.45) is 5.92 Å². The number of hydrogen-bond donors (Lipinski definition) is 1. The van der Waals surface area contributed by atoms with E-state index in [2.05, 4.69) is 72.1 Å². The van der Waals surface area contributed by atoms with Gasteiger partial charge in [-0.3, -0.25) is 0 Å². The minimum absolute atomic E-state index is 0.00604. The second-order valence-electron chi connectivity index (χ2n) is 14.2. The van der Waals surface area contributed by atoms with Crippen LogP contribution in [0.1, 0.15) is 33.6 Å². The van der Waals surface area contributed by atoms with Crippen molar-refractivity contribution >= 4 is 45.7 Å². The number of esters is 2. The summed E-state index contributed by atoms with van der Waals surface area (Å²) in [5.41, 5.74) is 0.577. The second-order valence-corrected chi connectivity index (χ2v) is 31.2. The summed E-state index contributed by atoms with van der Waals surface area (Å²) >= 11 is 0. The molecule has 14 heteroatoms. The molecule has 0 bridgehead atoms. The van der Waals surface area contributed by atoms with Crippen LogP contribution in [0.4, 0.5) is 0 Å². The predicted molar refractivity (Wildman–Crippen MR) is 180 cm³/mol. The van der Waals surface area contributed by atoms with Gasteiger partial charge in [0.15, 0.2) is 25.0 Å². The number of hydrogen-bond acceptors (Lipinski definition) is 10. The van der Waals surface area contributed by atoms with Crippen molar-refractivity contribution < 1.29 is 46.0 Å². The summed E-state index contributed by atoms with van der Waals surface area (Å²) in [5.74, 6) is -1.09. The molecule has 0 aliphatic heterocycles. The van der Waals surface area contributed by atoms with Crippen LogP contribution in [-0.2, 0) is 40.9 Å². The second kappa shape index (κ2) is 18.9. The molecule has 43 heavy (non-hydrogen) atoms.